The molecule has 0 atom stereocenters. The molecule has 4 aromatic rings. The van der Waals surface area contributed by atoms with Gasteiger partial charge in [0.05, 0.1) is 5.56 Å². The van der Waals surface area contributed by atoms with Crippen molar-refractivity contribution >= 4 is 27.5 Å². The molecule has 1 aliphatic rings. The Morgan fingerprint density at radius 3 is 2.00 bits per heavy atom. The highest BCUT2D eigenvalue weighted by atomic mass is 79.9. The number of rotatable bonds is 3. The SMILES string of the molecule is Cc1[nH]c(=O)c(C2=NC(c3ccccc3)(c3ccccc3)c3ccccc3N2)c(C)c1Br. The Morgan fingerprint density at radius 1 is 0.812 bits per heavy atom. The van der Waals surface area contributed by atoms with Crippen molar-refractivity contribution in [1.82, 2.24) is 4.98 Å². The number of benzene rings is 3. The van der Waals surface area contributed by atoms with Crippen molar-refractivity contribution in [3.05, 3.63) is 133 Å². The predicted molar refractivity (Wildman–Crippen MR) is 134 cm³/mol. The third kappa shape index (κ3) is 3.12. The Bertz CT molecular complexity index is 1350. The van der Waals surface area contributed by atoms with Crippen LogP contribution in [0.5, 0.6) is 0 Å². The Kier molecular flexibility index (Phi) is 5.06. The number of hydrogen-bond acceptors (Lipinski definition) is 3. The number of aromatic amines is 1. The van der Waals surface area contributed by atoms with E-state index in [4.69, 9.17) is 4.99 Å². The van der Waals surface area contributed by atoms with Crippen LogP contribution >= 0.6 is 15.9 Å². The van der Waals surface area contributed by atoms with Gasteiger partial charge in [-0.05, 0) is 52.5 Å². The monoisotopic (exact) mass is 483 g/mol. The summed E-state index contributed by atoms with van der Waals surface area (Å²) in [5.41, 5.74) is 5.28. The molecule has 4 nitrogen and oxygen atoms in total. The average molecular weight is 484 g/mol. The smallest absolute Gasteiger partial charge is 0.259 e. The number of hydrogen-bond donors (Lipinski definition) is 2. The van der Waals surface area contributed by atoms with Crippen molar-refractivity contribution in [3.63, 3.8) is 0 Å². The largest absolute Gasteiger partial charge is 0.339 e. The molecule has 0 saturated heterocycles. The van der Waals surface area contributed by atoms with Gasteiger partial charge in [-0.25, -0.2) is 4.99 Å². The van der Waals surface area contributed by atoms with E-state index in [0.717, 1.165) is 38.1 Å². The zero-order chi connectivity index (χ0) is 22.3. The number of pyridine rings is 1. The van der Waals surface area contributed by atoms with Gasteiger partial charge in [-0.1, -0.05) is 78.9 Å². The molecule has 158 valence electrons. The lowest BCUT2D eigenvalue weighted by molar-refractivity contribution is 0.652. The third-order valence-electron chi connectivity index (χ3n) is 6.03. The number of nitrogens with one attached hydrogen (secondary N) is 2. The predicted octanol–water partition coefficient (Wildman–Crippen LogP) is 5.92. The average Bonchev–Trinajstić information content (AvgIpc) is 2.83. The summed E-state index contributed by atoms with van der Waals surface area (Å²) in [6.07, 6.45) is 0. The van der Waals surface area contributed by atoms with Crippen molar-refractivity contribution in [3.8, 4) is 0 Å². The number of amidine groups is 1. The maximum atomic E-state index is 13.1. The standard InChI is InChI=1S/C27H22BrN3O/c1-17-23(26(32)29-18(2)24(17)28)25-30-22-16-10-9-15-21(22)27(31-25,19-11-5-3-6-12-19)20-13-7-4-8-14-20/h3-16H,1-2H3,(H,29,32)(H,30,31). The van der Waals surface area contributed by atoms with Gasteiger partial charge in [-0.2, -0.15) is 0 Å². The Hall–Kier alpha value is -3.44. The Balaban J connectivity index is 1.90. The number of nitrogens with zero attached hydrogens (tertiary/aromatic N) is 1. The van der Waals surface area contributed by atoms with E-state index < -0.39 is 5.54 Å². The molecule has 1 aromatic heterocycles. The van der Waals surface area contributed by atoms with Gasteiger partial charge in [0.25, 0.3) is 5.56 Å². The molecule has 5 heteroatoms. The number of halogens is 1. The fourth-order valence-electron chi connectivity index (χ4n) is 4.51. The van der Waals surface area contributed by atoms with Crippen molar-refractivity contribution in [2.45, 2.75) is 19.4 Å². The number of anilines is 1. The van der Waals surface area contributed by atoms with Crippen LogP contribution in [-0.2, 0) is 5.54 Å². The number of fused-ring (bicyclic) bond motifs is 1. The molecule has 5 rings (SSSR count). The van der Waals surface area contributed by atoms with Crippen molar-refractivity contribution in [1.29, 1.82) is 0 Å². The van der Waals surface area contributed by atoms with Crippen LogP contribution in [0.2, 0.25) is 0 Å². The van der Waals surface area contributed by atoms with E-state index in [9.17, 15) is 4.79 Å². The molecular weight excluding hydrogens is 462 g/mol. The summed E-state index contributed by atoms with van der Waals surface area (Å²) in [7, 11) is 0. The molecule has 3 aromatic carbocycles. The van der Waals surface area contributed by atoms with Crippen LogP contribution in [0.25, 0.3) is 0 Å². The van der Waals surface area contributed by atoms with Gasteiger partial charge in [0, 0.05) is 21.4 Å². The number of aliphatic imine (C=N–C) groups is 1. The lowest BCUT2D eigenvalue weighted by Gasteiger charge is -2.38. The molecule has 0 fully saturated rings. The van der Waals surface area contributed by atoms with Gasteiger partial charge in [0.2, 0.25) is 0 Å². The number of para-hydroxylation sites is 1. The maximum Gasteiger partial charge on any atom is 0.259 e. The second-order valence-corrected chi connectivity index (χ2v) is 8.76. The summed E-state index contributed by atoms with van der Waals surface area (Å²) in [5, 5.41) is 3.45. The lowest BCUT2D eigenvalue weighted by Crippen LogP contribution is -2.38. The fourth-order valence-corrected chi connectivity index (χ4v) is 4.81. The number of H-pyrrole nitrogens is 1. The van der Waals surface area contributed by atoms with Gasteiger partial charge in [-0.15, -0.1) is 0 Å². The Morgan fingerprint density at radius 2 is 1.38 bits per heavy atom. The molecule has 2 heterocycles. The van der Waals surface area contributed by atoms with Crippen molar-refractivity contribution < 1.29 is 0 Å². The van der Waals surface area contributed by atoms with Crippen LogP contribution in [-0.4, -0.2) is 10.8 Å². The first-order valence-electron chi connectivity index (χ1n) is 10.5. The minimum absolute atomic E-state index is 0.163. The normalized spacial score (nSPS) is 14.3. The zero-order valence-electron chi connectivity index (χ0n) is 17.8. The van der Waals surface area contributed by atoms with Crippen LogP contribution in [0.15, 0.2) is 99.2 Å². The molecule has 2 N–H and O–H groups in total. The van der Waals surface area contributed by atoms with E-state index in [1.807, 2.05) is 68.4 Å². The summed E-state index contributed by atoms with van der Waals surface area (Å²) in [6, 6.07) is 28.7. The van der Waals surface area contributed by atoms with Crippen molar-refractivity contribution in [2.75, 3.05) is 5.32 Å². The third-order valence-corrected chi connectivity index (χ3v) is 7.22. The van der Waals surface area contributed by atoms with E-state index in [0.29, 0.717) is 11.4 Å². The first-order chi connectivity index (χ1) is 15.5. The fraction of sp³-hybridized carbons (Fsp3) is 0.111. The van der Waals surface area contributed by atoms with Crippen LogP contribution < -0.4 is 10.9 Å². The summed E-state index contributed by atoms with van der Waals surface area (Å²) in [5.74, 6) is 0.552. The summed E-state index contributed by atoms with van der Waals surface area (Å²) >= 11 is 3.63. The lowest BCUT2D eigenvalue weighted by atomic mass is 9.76. The van der Waals surface area contributed by atoms with E-state index in [1.165, 1.54) is 0 Å². The molecule has 0 radical (unpaired) electrons. The van der Waals surface area contributed by atoms with Gasteiger partial charge in [-0.3, -0.25) is 4.79 Å². The molecule has 0 aliphatic carbocycles. The van der Waals surface area contributed by atoms with Crippen LogP contribution in [0.1, 0.15) is 33.5 Å². The first kappa shape index (κ1) is 20.5. The molecule has 0 bridgehead atoms. The van der Waals surface area contributed by atoms with Gasteiger partial charge < -0.3 is 10.3 Å². The molecule has 0 unspecified atom stereocenters. The molecule has 32 heavy (non-hydrogen) atoms. The first-order valence-corrected chi connectivity index (χ1v) is 11.3. The number of aryl methyl sites for hydroxylation is 1. The van der Waals surface area contributed by atoms with Gasteiger partial charge in [0.1, 0.15) is 11.4 Å². The van der Waals surface area contributed by atoms with Gasteiger partial charge >= 0.3 is 0 Å². The summed E-state index contributed by atoms with van der Waals surface area (Å²) in [6.45, 7) is 3.82. The summed E-state index contributed by atoms with van der Waals surface area (Å²) < 4.78 is 0.875. The molecule has 0 amide bonds. The molecular formula is C27H22BrN3O. The maximum absolute atomic E-state index is 13.1. The van der Waals surface area contributed by atoms with E-state index in [2.05, 4.69) is 56.6 Å². The molecule has 1 aliphatic heterocycles. The zero-order valence-corrected chi connectivity index (χ0v) is 19.4. The Labute approximate surface area is 195 Å². The van der Waals surface area contributed by atoms with E-state index in [1.54, 1.807) is 0 Å². The highest BCUT2D eigenvalue weighted by Gasteiger charge is 2.41. The van der Waals surface area contributed by atoms with E-state index >= 15 is 0 Å². The van der Waals surface area contributed by atoms with Crippen LogP contribution in [0.3, 0.4) is 0 Å². The molecule has 0 spiro atoms. The van der Waals surface area contributed by atoms with Crippen LogP contribution in [0.4, 0.5) is 5.69 Å². The van der Waals surface area contributed by atoms with E-state index in [-0.39, 0.29) is 5.56 Å². The highest BCUT2D eigenvalue weighted by molar-refractivity contribution is 9.10. The molecule has 0 saturated carbocycles. The quantitative estimate of drug-likeness (QED) is 0.380. The highest BCUT2D eigenvalue weighted by Crippen LogP contribution is 2.46. The topological polar surface area (TPSA) is 57.2 Å². The minimum atomic E-state index is -0.796. The second-order valence-electron chi connectivity index (χ2n) is 7.97. The summed E-state index contributed by atoms with van der Waals surface area (Å²) in [4.78, 5) is 21.4. The number of aromatic nitrogens is 1. The van der Waals surface area contributed by atoms with Crippen molar-refractivity contribution in [2.24, 2.45) is 4.99 Å². The second kappa shape index (κ2) is 7.92. The van der Waals surface area contributed by atoms with Gasteiger partial charge in [0.15, 0.2) is 0 Å². The van der Waals surface area contributed by atoms with Crippen LogP contribution in [0, 0.1) is 13.8 Å². The minimum Gasteiger partial charge on any atom is -0.339 e.